The van der Waals surface area contributed by atoms with Gasteiger partial charge in [-0.15, -0.1) is 0 Å². The zero-order valence-electron chi connectivity index (χ0n) is 14.4. The smallest absolute Gasteiger partial charge is 0.0882 e. The molecule has 0 N–H and O–H groups in total. The number of unbranched alkanes of at least 4 members (excludes halogenated alkanes) is 2. The standard InChI is InChI=1S/C21H30O/c1-5-6-8-11-17(2)19-14-15-21(3,4)20(19)22-16-18-12-9-7-10-13-18/h7,9-10,12-14,20H,2,5-6,8,11,15-16H2,1,3-4H3. The van der Waals surface area contributed by atoms with E-state index >= 15 is 0 Å². The second kappa shape index (κ2) is 7.78. The van der Waals surface area contributed by atoms with Crippen LogP contribution in [0, 0.1) is 5.41 Å². The molecular weight excluding hydrogens is 268 g/mol. The second-order valence-corrected chi connectivity index (χ2v) is 7.09. The second-order valence-electron chi connectivity index (χ2n) is 7.09. The van der Waals surface area contributed by atoms with E-state index < -0.39 is 0 Å². The third-order valence-electron chi connectivity index (χ3n) is 4.59. The highest BCUT2D eigenvalue weighted by Crippen LogP contribution is 2.42. The van der Waals surface area contributed by atoms with Crippen LogP contribution < -0.4 is 0 Å². The number of ether oxygens (including phenoxy) is 1. The molecule has 1 aliphatic carbocycles. The summed E-state index contributed by atoms with van der Waals surface area (Å²) >= 11 is 0. The van der Waals surface area contributed by atoms with Gasteiger partial charge in [-0.3, -0.25) is 0 Å². The Kier molecular flexibility index (Phi) is 6.02. The first kappa shape index (κ1) is 17.0. The van der Waals surface area contributed by atoms with E-state index in [2.05, 4.69) is 57.7 Å². The van der Waals surface area contributed by atoms with Crippen LogP contribution in [0.1, 0.15) is 58.4 Å². The van der Waals surface area contributed by atoms with Crippen molar-refractivity contribution < 1.29 is 4.74 Å². The lowest BCUT2D eigenvalue weighted by molar-refractivity contribution is 0.0000814. The fourth-order valence-electron chi connectivity index (χ4n) is 3.14. The predicted octanol–water partition coefficient (Wildman–Crippen LogP) is 6.06. The molecule has 0 fully saturated rings. The zero-order valence-corrected chi connectivity index (χ0v) is 14.4. The van der Waals surface area contributed by atoms with Crippen LogP contribution in [0.25, 0.3) is 0 Å². The molecule has 1 aromatic carbocycles. The van der Waals surface area contributed by atoms with Crippen molar-refractivity contribution in [3.05, 3.63) is 59.7 Å². The van der Waals surface area contributed by atoms with E-state index in [-0.39, 0.29) is 11.5 Å². The number of benzene rings is 1. The van der Waals surface area contributed by atoms with E-state index in [1.165, 1.54) is 36.0 Å². The Morgan fingerprint density at radius 2 is 1.95 bits per heavy atom. The van der Waals surface area contributed by atoms with E-state index in [1.807, 2.05) is 6.07 Å². The summed E-state index contributed by atoms with van der Waals surface area (Å²) in [5.74, 6) is 0. The highest BCUT2D eigenvalue weighted by atomic mass is 16.5. The average molecular weight is 298 g/mol. The topological polar surface area (TPSA) is 9.23 Å². The molecule has 0 amide bonds. The molecule has 0 heterocycles. The van der Waals surface area contributed by atoms with Gasteiger partial charge in [-0.05, 0) is 41.4 Å². The summed E-state index contributed by atoms with van der Waals surface area (Å²) < 4.78 is 6.32. The number of rotatable bonds is 8. The van der Waals surface area contributed by atoms with Crippen LogP contribution in [0.4, 0.5) is 0 Å². The molecule has 1 heteroatoms. The van der Waals surface area contributed by atoms with Gasteiger partial charge in [0.1, 0.15) is 0 Å². The summed E-state index contributed by atoms with van der Waals surface area (Å²) in [5, 5.41) is 0. The van der Waals surface area contributed by atoms with E-state index in [9.17, 15) is 0 Å². The molecule has 1 nitrogen and oxygen atoms in total. The van der Waals surface area contributed by atoms with Gasteiger partial charge < -0.3 is 4.74 Å². The van der Waals surface area contributed by atoms with Crippen LogP contribution in [0.15, 0.2) is 54.1 Å². The number of allylic oxidation sites excluding steroid dienone is 1. The van der Waals surface area contributed by atoms with Gasteiger partial charge in [0.15, 0.2) is 0 Å². The lowest BCUT2D eigenvalue weighted by Crippen LogP contribution is -2.29. The molecule has 0 radical (unpaired) electrons. The molecule has 1 aliphatic rings. The van der Waals surface area contributed by atoms with Crippen LogP contribution in [0.2, 0.25) is 0 Å². The summed E-state index contributed by atoms with van der Waals surface area (Å²) in [4.78, 5) is 0. The van der Waals surface area contributed by atoms with Gasteiger partial charge >= 0.3 is 0 Å². The number of hydrogen-bond acceptors (Lipinski definition) is 1. The average Bonchev–Trinajstić information content (AvgIpc) is 2.81. The van der Waals surface area contributed by atoms with Crippen molar-refractivity contribution in [2.45, 2.75) is 65.6 Å². The molecule has 120 valence electrons. The minimum atomic E-state index is 0.164. The molecule has 0 aromatic heterocycles. The molecule has 0 bridgehead atoms. The predicted molar refractivity (Wildman–Crippen MR) is 94.8 cm³/mol. The fourth-order valence-corrected chi connectivity index (χ4v) is 3.14. The number of hydrogen-bond donors (Lipinski definition) is 0. The maximum Gasteiger partial charge on any atom is 0.0882 e. The van der Waals surface area contributed by atoms with Crippen LogP contribution in [0.5, 0.6) is 0 Å². The molecule has 0 spiro atoms. The van der Waals surface area contributed by atoms with Gasteiger partial charge in [0.2, 0.25) is 0 Å². The summed E-state index contributed by atoms with van der Waals surface area (Å²) in [6, 6.07) is 10.4. The first-order chi connectivity index (χ1) is 10.5. The van der Waals surface area contributed by atoms with Gasteiger partial charge in [-0.25, -0.2) is 0 Å². The van der Waals surface area contributed by atoms with Crippen molar-refractivity contribution in [3.8, 4) is 0 Å². The molecule has 1 unspecified atom stereocenters. The third-order valence-corrected chi connectivity index (χ3v) is 4.59. The molecule has 2 rings (SSSR count). The largest absolute Gasteiger partial charge is 0.368 e. The molecular formula is C21H30O. The van der Waals surface area contributed by atoms with Crippen molar-refractivity contribution >= 4 is 0 Å². The van der Waals surface area contributed by atoms with Crippen molar-refractivity contribution in [2.75, 3.05) is 0 Å². The van der Waals surface area contributed by atoms with Crippen molar-refractivity contribution in [3.63, 3.8) is 0 Å². The highest BCUT2D eigenvalue weighted by molar-refractivity contribution is 5.37. The SMILES string of the molecule is C=C(CCCCC)C1=CCC(C)(C)C1OCc1ccccc1. The normalized spacial score (nSPS) is 20.0. The first-order valence-corrected chi connectivity index (χ1v) is 8.58. The van der Waals surface area contributed by atoms with E-state index in [4.69, 9.17) is 4.74 Å². The third kappa shape index (κ3) is 4.33. The van der Waals surface area contributed by atoms with Crippen molar-refractivity contribution in [2.24, 2.45) is 5.41 Å². The minimum Gasteiger partial charge on any atom is -0.368 e. The van der Waals surface area contributed by atoms with Gasteiger partial charge in [0, 0.05) is 0 Å². The quantitative estimate of drug-likeness (QED) is 0.530. The van der Waals surface area contributed by atoms with Gasteiger partial charge in [0.25, 0.3) is 0 Å². The zero-order chi connectivity index (χ0) is 16.0. The highest BCUT2D eigenvalue weighted by Gasteiger charge is 2.37. The van der Waals surface area contributed by atoms with E-state index in [1.54, 1.807) is 0 Å². The Morgan fingerprint density at radius 3 is 2.64 bits per heavy atom. The van der Waals surface area contributed by atoms with Crippen LogP contribution in [-0.2, 0) is 11.3 Å². The molecule has 22 heavy (non-hydrogen) atoms. The van der Waals surface area contributed by atoms with Crippen LogP contribution >= 0.6 is 0 Å². The molecule has 0 saturated heterocycles. The lowest BCUT2D eigenvalue weighted by Gasteiger charge is -2.30. The summed E-state index contributed by atoms with van der Waals surface area (Å²) in [6.07, 6.45) is 8.47. The Hall–Kier alpha value is -1.34. The van der Waals surface area contributed by atoms with Gasteiger partial charge in [-0.1, -0.05) is 76.6 Å². The van der Waals surface area contributed by atoms with Crippen molar-refractivity contribution in [1.82, 2.24) is 0 Å². The Morgan fingerprint density at radius 1 is 1.23 bits per heavy atom. The molecule has 1 atom stereocenters. The van der Waals surface area contributed by atoms with Crippen molar-refractivity contribution in [1.29, 1.82) is 0 Å². The monoisotopic (exact) mass is 298 g/mol. The Bertz CT molecular complexity index is 510. The van der Waals surface area contributed by atoms with E-state index in [0.717, 1.165) is 12.8 Å². The summed E-state index contributed by atoms with van der Waals surface area (Å²) in [6.45, 7) is 11.8. The minimum absolute atomic E-state index is 0.164. The first-order valence-electron chi connectivity index (χ1n) is 8.58. The van der Waals surface area contributed by atoms with Crippen LogP contribution in [-0.4, -0.2) is 6.10 Å². The maximum atomic E-state index is 6.32. The van der Waals surface area contributed by atoms with Gasteiger partial charge in [0.05, 0.1) is 12.7 Å². The fraction of sp³-hybridized carbons (Fsp3) is 0.524. The lowest BCUT2D eigenvalue weighted by atomic mass is 9.84. The summed E-state index contributed by atoms with van der Waals surface area (Å²) in [5.41, 5.74) is 4.02. The van der Waals surface area contributed by atoms with E-state index in [0.29, 0.717) is 6.61 Å². The molecule has 1 aromatic rings. The summed E-state index contributed by atoms with van der Waals surface area (Å²) in [7, 11) is 0. The van der Waals surface area contributed by atoms with Gasteiger partial charge in [-0.2, -0.15) is 0 Å². The molecule has 0 aliphatic heterocycles. The van der Waals surface area contributed by atoms with Crippen LogP contribution in [0.3, 0.4) is 0 Å². The Labute approximate surface area is 136 Å². The maximum absolute atomic E-state index is 6.32. The Balaban J connectivity index is 1.98. The molecule has 0 saturated carbocycles.